The molecule has 2 amide bonds. The van der Waals surface area contributed by atoms with Crippen molar-refractivity contribution in [1.29, 1.82) is 0 Å². The topological polar surface area (TPSA) is 84.2 Å². The summed E-state index contributed by atoms with van der Waals surface area (Å²) in [4.78, 5) is 24.5. The summed E-state index contributed by atoms with van der Waals surface area (Å²) in [5.41, 5.74) is 10.4. The summed E-state index contributed by atoms with van der Waals surface area (Å²) in [6.07, 6.45) is 0.983. The van der Waals surface area contributed by atoms with E-state index in [9.17, 15) is 9.59 Å². The molecule has 0 aliphatic rings. The first-order valence-corrected chi connectivity index (χ1v) is 8.40. The van der Waals surface area contributed by atoms with Gasteiger partial charge in [0.05, 0.1) is 11.4 Å². The lowest BCUT2D eigenvalue weighted by atomic mass is 10.1. The fourth-order valence-electron chi connectivity index (χ4n) is 2.42. The van der Waals surface area contributed by atoms with Crippen LogP contribution in [0.2, 0.25) is 0 Å². The van der Waals surface area contributed by atoms with Gasteiger partial charge in [0.2, 0.25) is 5.91 Å². The summed E-state index contributed by atoms with van der Waals surface area (Å²) in [5, 5.41) is 5.74. The van der Waals surface area contributed by atoms with Gasteiger partial charge in [0.25, 0.3) is 5.91 Å². The van der Waals surface area contributed by atoms with Gasteiger partial charge < -0.3 is 16.4 Å². The molecule has 0 aliphatic carbocycles. The van der Waals surface area contributed by atoms with Crippen molar-refractivity contribution in [2.24, 2.45) is 5.73 Å². The van der Waals surface area contributed by atoms with E-state index in [0.29, 0.717) is 36.3 Å². The molecular formula is C20H25N3O2. The molecule has 0 unspecified atom stereocenters. The molecule has 0 saturated heterocycles. The average molecular weight is 339 g/mol. The maximum atomic E-state index is 12.5. The zero-order chi connectivity index (χ0) is 18.4. The molecule has 4 N–H and O–H groups in total. The molecule has 0 aromatic heterocycles. The second-order valence-corrected chi connectivity index (χ2v) is 6.24. The van der Waals surface area contributed by atoms with E-state index in [1.54, 1.807) is 12.1 Å². The van der Waals surface area contributed by atoms with Crippen molar-refractivity contribution < 1.29 is 9.59 Å². The summed E-state index contributed by atoms with van der Waals surface area (Å²) in [6, 6.07) is 11.1. The third-order valence-electron chi connectivity index (χ3n) is 4.07. The highest BCUT2D eigenvalue weighted by atomic mass is 16.2. The minimum absolute atomic E-state index is 0.113. The standard InChI is InChI=1S/C20H25N3O2/c1-13-6-9-17(18(11-13)22-19(24)5-4-10-21)23-20(25)16-8-7-14(2)15(3)12-16/h6-9,11-12H,4-5,10,21H2,1-3H3,(H,22,24)(H,23,25). The second-order valence-electron chi connectivity index (χ2n) is 6.24. The van der Waals surface area contributed by atoms with Gasteiger partial charge in [0.15, 0.2) is 0 Å². The highest BCUT2D eigenvalue weighted by Gasteiger charge is 2.12. The number of rotatable bonds is 6. The number of carbonyl (C=O) groups is 2. The number of hydrogen-bond acceptors (Lipinski definition) is 3. The molecule has 0 heterocycles. The summed E-state index contributed by atoms with van der Waals surface area (Å²) >= 11 is 0. The van der Waals surface area contributed by atoms with Gasteiger partial charge in [-0.1, -0.05) is 12.1 Å². The monoisotopic (exact) mass is 339 g/mol. The number of carbonyl (C=O) groups excluding carboxylic acids is 2. The normalized spacial score (nSPS) is 10.4. The van der Waals surface area contributed by atoms with Crippen LogP contribution in [0, 0.1) is 20.8 Å². The molecule has 0 atom stereocenters. The quantitative estimate of drug-likeness (QED) is 0.752. The lowest BCUT2D eigenvalue weighted by Gasteiger charge is -2.14. The number of nitrogens with one attached hydrogen (secondary N) is 2. The maximum absolute atomic E-state index is 12.5. The van der Waals surface area contributed by atoms with Crippen LogP contribution < -0.4 is 16.4 Å². The minimum atomic E-state index is -0.204. The molecule has 5 heteroatoms. The van der Waals surface area contributed by atoms with Crippen LogP contribution in [0.1, 0.15) is 39.9 Å². The Bertz CT molecular complexity index is 785. The molecule has 0 fully saturated rings. The van der Waals surface area contributed by atoms with Gasteiger partial charge in [-0.2, -0.15) is 0 Å². The molecule has 2 aromatic rings. The summed E-state index contributed by atoms with van der Waals surface area (Å²) in [6.45, 7) is 6.38. The molecule has 25 heavy (non-hydrogen) atoms. The van der Waals surface area contributed by atoms with Crippen molar-refractivity contribution in [3.05, 3.63) is 58.7 Å². The Balaban J connectivity index is 2.19. The van der Waals surface area contributed by atoms with Gasteiger partial charge in [-0.05, 0) is 74.7 Å². The fourth-order valence-corrected chi connectivity index (χ4v) is 2.42. The first-order chi connectivity index (χ1) is 11.9. The molecule has 0 spiro atoms. The van der Waals surface area contributed by atoms with Crippen LogP contribution in [0.5, 0.6) is 0 Å². The Morgan fingerprint density at radius 2 is 1.68 bits per heavy atom. The van der Waals surface area contributed by atoms with E-state index >= 15 is 0 Å². The highest BCUT2D eigenvalue weighted by molar-refractivity contribution is 6.07. The Hall–Kier alpha value is -2.66. The van der Waals surface area contributed by atoms with Gasteiger partial charge in [0, 0.05) is 12.0 Å². The minimum Gasteiger partial charge on any atom is -0.330 e. The number of hydrogen-bond donors (Lipinski definition) is 3. The van der Waals surface area contributed by atoms with Crippen LogP contribution in [0.3, 0.4) is 0 Å². The van der Waals surface area contributed by atoms with E-state index in [2.05, 4.69) is 10.6 Å². The molecule has 0 bridgehead atoms. The predicted molar refractivity (Wildman–Crippen MR) is 102 cm³/mol. The molecule has 2 aromatic carbocycles. The van der Waals surface area contributed by atoms with Crippen LogP contribution in [-0.4, -0.2) is 18.4 Å². The van der Waals surface area contributed by atoms with E-state index in [1.807, 2.05) is 45.0 Å². The molecule has 0 aliphatic heterocycles. The van der Waals surface area contributed by atoms with Crippen molar-refractivity contribution in [1.82, 2.24) is 0 Å². The summed E-state index contributed by atoms with van der Waals surface area (Å²) in [7, 11) is 0. The van der Waals surface area contributed by atoms with E-state index in [4.69, 9.17) is 5.73 Å². The van der Waals surface area contributed by atoms with Crippen LogP contribution >= 0.6 is 0 Å². The smallest absolute Gasteiger partial charge is 0.255 e. The molecular weight excluding hydrogens is 314 g/mol. The van der Waals surface area contributed by atoms with Crippen LogP contribution in [-0.2, 0) is 4.79 Å². The van der Waals surface area contributed by atoms with Crippen molar-refractivity contribution in [3.63, 3.8) is 0 Å². The van der Waals surface area contributed by atoms with Gasteiger partial charge in [0.1, 0.15) is 0 Å². The zero-order valence-corrected chi connectivity index (χ0v) is 15.0. The SMILES string of the molecule is Cc1ccc(NC(=O)c2ccc(C)c(C)c2)c(NC(=O)CCCN)c1. The Morgan fingerprint density at radius 1 is 0.920 bits per heavy atom. The van der Waals surface area contributed by atoms with Crippen molar-refractivity contribution in [2.75, 3.05) is 17.2 Å². The average Bonchev–Trinajstić information content (AvgIpc) is 2.57. The molecule has 132 valence electrons. The lowest BCUT2D eigenvalue weighted by Crippen LogP contribution is -2.17. The Morgan fingerprint density at radius 3 is 2.36 bits per heavy atom. The van der Waals surface area contributed by atoms with Crippen molar-refractivity contribution >= 4 is 23.2 Å². The lowest BCUT2D eigenvalue weighted by molar-refractivity contribution is -0.116. The van der Waals surface area contributed by atoms with E-state index in [0.717, 1.165) is 16.7 Å². The van der Waals surface area contributed by atoms with E-state index in [-0.39, 0.29) is 11.8 Å². The fraction of sp³-hybridized carbons (Fsp3) is 0.300. The predicted octanol–water partition coefficient (Wildman–Crippen LogP) is 3.54. The van der Waals surface area contributed by atoms with Gasteiger partial charge in [-0.25, -0.2) is 0 Å². The number of amides is 2. The number of benzene rings is 2. The highest BCUT2D eigenvalue weighted by Crippen LogP contribution is 2.24. The molecule has 0 radical (unpaired) electrons. The Kier molecular flexibility index (Phi) is 6.31. The third kappa shape index (κ3) is 5.16. The summed E-state index contributed by atoms with van der Waals surface area (Å²) in [5.74, 6) is -0.317. The van der Waals surface area contributed by atoms with Gasteiger partial charge in [-0.15, -0.1) is 0 Å². The Labute approximate surface area is 148 Å². The molecule has 2 rings (SSSR count). The van der Waals surface area contributed by atoms with E-state index < -0.39 is 0 Å². The summed E-state index contributed by atoms with van der Waals surface area (Å²) < 4.78 is 0. The maximum Gasteiger partial charge on any atom is 0.255 e. The molecule has 5 nitrogen and oxygen atoms in total. The number of anilines is 2. The number of aryl methyl sites for hydroxylation is 3. The largest absolute Gasteiger partial charge is 0.330 e. The van der Waals surface area contributed by atoms with Crippen molar-refractivity contribution in [2.45, 2.75) is 33.6 Å². The van der Waals surface area contributed by atoms with Crippen LogP contribution in [0.25, 0.3) is 0 Å². The molecule has 0 saturated carbocycles. The third-order valence-corrected chi connectivity index (χ3v) is 4.07. The van der Waals surface area contributed by atoms with Gasteiger partial charge in [-0.3, -0.25) is 9.59 Å². The van der Waals surface area contributed by atoms with Crippen LogP contribution in [0.15, 0.2) is 36.4 Å². The van der Waals surface area contributed by atoms with Crippen LogP contribution in [0.4, 0.5) is 11.4 Å². The van der Waals surface area contributed by atoms with Crippen molar-refractivity contribution in [3.8, 4) is 0 Å². The zero-order valence-electron chi connectivity index (χ0n) is 15.0. The van der Waals surface area contributed by atoms with E-state index in [1.165, 1.54) is 0 Å². The first kappa shape index (κ1) is 18.7. The first-order valence-electron chi connectivity index (χ1n) is 8.40. The van der Waals surface area contributed by atoms with Gasteiger partial charge >= 0.3 is 0 Å². The number of nitrogens with two attached hydrogens (primary N) is 1. The second kappa shape index (κ2) is 8.44.